The number of benzene rings is 2. The van der Waals surface area contributed by atoms with Gasteiger partial charge in [-0.1, -0.05) is 30.9 Å². The molecule has 0 saturated carbocycles. The van der Waals surface area contributed by atoms with Gasteiger partial charge in [0.25, 0.3) is 0 Å². The molecule has 162 valence electrons. The number of rotatable bonds is 7. The van der Waals surface area contributed by atoms with Crippen molar-refractivity contribution in [2.45, 2.75) is 25.4 Å². The zero-order chi connectivity index (χ0) is 22.5. The molecule has 4 rings (SSSR count). The average Bonchev–Trinajstić information content (AvgIpc) is 3.25. The molecule has 32 heavy (non-hydrogen) atoms. The lowest BCUT2D eigenvalue weighted by Gasteiger charge is -2.19. The highest BCUT2D eigenvalue weighted by Gasteiger charge is 2.18. The molecule has 2 aromatic carbocycles. The maximum atomic E-state index is 12.8. The maximum absolute atomic E-state index is 12.8. The van der Waals surface area contributed by atoms with E-state index in [2.05, 4.69) is 21.5 Å². The fourth-order valence-corrected chi connectivity index (χ4v) is 3.51. The lowest BCUT2D eigenvalue weighted by molar-refractivity contribution is 0.103. The van der Waals surface area contributed by atoms with Gasteiger partial charge in [-0.05, 0) is 61.2 Å². The number of H-pyrrole nitrogens is 1. The summed E-state index contributed by atoms with van der Waals surface area (Å²) in [6, 6.07) is 14.2. The number of aromatic amines is 1. The van der Waals surface area contributed by atoms with E-state index in [1.165, 1.54) is 0 Å². The molecule has 0 fully saturated rings. The first-order valence-corrected chi connectivity index (χ1v) is 10.3. The zero-order valence-corrected chi connectivity index (χ0v) is 17.5. The normalized spacial score (nSPS) is 17.2. The Bertz CT molecular complexity index is 1200. The van der Waals surface area contributed by atoms with Gasteiger partial charge < -0.3 is 20.6 Å². The number of aliphatic hydroxyl groups is 1. The van der Waals surface area contributed by atoms with Gasteiger partial charge in [0.15, 0.2) is 5.82 Å². The lowest BCUT2D eigenvalue weighted by atomic mass is 9.95. The van der Waals surface area contributed by atoms with E-state index in [4.69, 9.17) is 10.5 Å². The summed E-state index contributed by atoms with van der Waals surface area (Å²) in [5.41, 5.74) is 9.68. The van der Waals surface area contributed by atoms with Gasteiger partial charge in [-0.25, -0.2) is 4.98 Å². The molecule has 1 aromatic heterocycles. The monoisotopic (exact) mass is 428 g/mol. The molecule has 0 saturated heterocycles. The Labute approximate surface area is 185 Å². The molecule has 0 amide bonds. The minimum absolute atomic E-state index is 0.141. The standard InChI is InChI=1S/C25H24N4O3/c1-2-15-27-22(16-7-11-18(30)12-8-16)24(26)32-19-13-9-17(10-14-19)23(31)25-28-20-5-3-4-6-21(20)29-25/h2-7,9-10,13-15,18,30H,1,8,11-12,26H2,(H,28,29)/b24-22+,27-15?/t18-/m0/s1. The van der Waals surface area contributed by atoms with Crippen LogP contribution >= 0.6 is 0 Å². The molecular weight excluding hydrogens is 404 g/mol. The molecule has 1 heterocycles. The van der Waals surface area contributed by atoms with Gasteiger partial charge in [-0.15, -0.1) is 0 Å². The summed E-state index contributed by atoms with van der Waals surface area (Å²) >= 11 is 0. The Kier molecular flexibility index (Phi) is 6.28. The minimum atomic E-state index is -0.345. The summed E-state index contributed by atoms with van der Waals surface area (Å²) in [4.78, 5) is 24.6. The van der Waals surface area contributed by atoms with Crippen LogP contribution in [-0.2, 0) is 0 Å². The van der Waals surface area contributed by atoms with Crippen molar-refractivity contribution in [1.82, 2.24) is 9.97 Å². The van der Waals surface area contributed by atoms with Crippen LogP contribution in [0.2, 0.25) is 0 Å². The number of ketones is 1. The molecule has 1 aliphatic rings. The third-order valence-electron chi connectivity index (χ3n) is 5.18. The van der Waals surface area contributed by atoms with Crippen LogP contribution in [-0.4, -0.2) is 33.2 Å². The minimum Gasteiger partial charge on any atom is -0.439 e. The number of nitrogens with two attached hydrogens (primary N) is 1. The number of carbonyl (C=O) groups excluding carboxylic acids is 1. The molecule has 0 aliphatic heterocycles. The van der Waals surface area contributed by atoms with Gasteiger partial charge in [0, 0.05) is 11.8 Å². The summed E-state index contributed by atoms with van der Waals surface area (Å²) in [5, 5.41) is 9.74. The van der Waals surface area contributed by atoms with Crippen LogP contribution in [0.5, 0.6) is 5.75 Å². The lowest BCUT2D eigenvalue weighted by Crippen LogP contribution is -2.15. The molecule has 7 nitrogen and oxygen atoms in total. The van der Waals surface area contributed by atoms with Gasteiger partial charge in [0.2, 0.25) is 11.7 Å². The summed E-state index contributed by atoms with van der Waals surface area (Å²) in [7, 11) is 0. The number of nitrogens with one attached hydrogen (secondary N) is 1. The quantitative estimate of drug-likeness (QED) is 0.299. The smallest absolute Gasteiger partial charge is 0.228 e. The molecule has 0 bridgehead atoms. The largest absolute Gasteiger partial charge is 0.439 e. The number of nitrogens with zero attached hydrogens (tertiary/aromatic N) is 2. The zero-order valence-electron chi connectivity index (χ0n) is 17.5. The van der Waals surface area contributed by atoms with E-state index in [1.807, 2.05) is 30.3 Å². The van der Waals surface area contributed by atoms with Crippen LogP contribution < -0.4 is 10.5 Å². The Hall–Kier alpha value is -3.97. The highest BCUT2D eigenvalue weighted by atomic mass is 16.5. The van der Waals surface area contributed by atoms with Gasteiger partial charge in [0.05, 0.1) is 17.1 Å². The van der Waals surface area contributed by atoms with Crippen LogP contribution in [0, 0.1) is 0 Å². The first-order chi connectivity index (χ1) is 15.5. The fourth-order valence-electron chi connectivity index (χ4n) is 3.51. The predicted molar refractivity (Wildman–Crippen MR) is 124 cm³/mol. The second-order valence-corrected chi connectivity index (χ2v) is 7.44. The van der Waals surface area contributed by atoms with Crippen LogP contribution in [0.15, 0.2) is 89.4 Å². The van der Waals surface area contributed by atoms with Crippen molar-refractivity contribution < 1.29 is 14.6 Å². The summed E-state index contributed by atoms with van der Waals surface area (Å²) < 4.78 is 5.81. The predicted octanol–water partition coefficient (Wildman–Crippen LogP) is 4.03. The van der Waals surface area contributed by atoms with E-state index < -0.39 is 0 Å². The fraction of sp³-hybridized carbons (Fsp3) is 0.160. The summed E-state index contributed by atoms with van der Waals surface area (Å²) in [6.45, 7) is 3.65. The van der Waals surface area contributed by atoms with Crippen molar-refractivity contribution in [3.63, 3.8) is 0 Å². The van der Waals surface area contributed by atoms with E-state index in [9.17, 15) is 9.90 Å². The van der Waals surface area contributed by atoms with Crippen LogP contribution in [0.3, 0.4) is 0 Å². The topological polar surface area (TPSA) is 114 Å². The van der Waals surface area contributed by atoms with E-state index in [0.29, 0.717) is 36.3 Å². The Morgan fingerprint density at radius 1 is 1.25 bits per heavy atom. The number of aliphatic imine (C=N–C) groups is 1. The van der Waals surface area contributed by atoms with Crippen LogP contribution in [0.1, 0.15) is 35.4 Å². The number of fused-ring (bicyclic) bond motifs is 1. The number of hydrogen-bond acceptors (Lipinski definition) is 6. The molecule has 4 N–H and O–H groups in total. The van der Waals surface area contributed by atoms with Gasteiger partial charge in [-0.2, -0.15) is 0 Å². The van der Waals surface area contributed by atoms with Crippen molar-refractivity contribution in [3.05, 3.63) is 95.8 Å². The second-order valence-electron chi connectivity index (χ2n) is 7.44. The van der Waals surface area contributed by atoms with Crippen molar-refractivity contribution in [2.75, 3.05) is 0 Å². The average molecular weight is 428 g/mol. The number of para-hydroxylation sites is 2. The van der Waals surface area contributed by atoms with E-state index in [-0.39, 0.29) is 23.6 Å². The van der Waals surface area contributed by atoms with Crippen molar-refractivity contribution in [3.8, 4) is 5.75 Å². The molecule has 1 atom stereocenters. The number of imidazole rings is 1. The van der Waals surface area contributed by atoms with E-state index in [1.54, 1.807) is 36.6 Å². The van der Waals surface area contributed by atoms with Crippen LogP contribution in [0.25, 0.3) is 11.0 Å². The highest BCUT2D eigenvalue weighted by Crippen LogP contribution is 2.27. The number of ether oxygens (including phenoxy) is 1. The number of aromatic nitrogens is 2. The maximum Gasteiger partial charge on any atom is 0.228 e. The number of carbonyl (C=O) groups is 1. The van der Waals surface area contributed by atoms with Crippen molar-refractivity contribution in [1.29, 1.82) is 0 Å². The third-order valence-corrected chi connectivity index (χ3v) is 5.18. The van der Waals surface area contributed by atoms with Crippen molar-refractivity contribution >= 4 is 23.0 Å². The second kappa shape index (κ2) is 9.45. The third kappa shape index (κ3) is 4.68. The molecule has 3 aromatic rings. The first-order valence-electron chi connectivity index (χ1n) is 10.3. The van der Waals surface area contributed by atoms with Gasteiger partial charge in [0.1, 0.15) is 11.4 Å². The van der Waals surface area contributed by atoms with Gasteiger partial charge in [-0.3, -0.25) is 9.79 Å². The molecule has 1 aliphatic carbocycles. The number of hydrogen-bond donors (Lipinski definition) is 3. The summed E-state index contributed by atoms with van der Waals surface area (Å²) in [6.07, 6.45) is 6.53. The molecular formula is C25H24N4O3. The van der Waals surface area contributed by atoms with E-state index >= 15 is 0 Å². The molecule has 0 spiro atoms. The van der Waals surface area contributed by atoms with Crippen molar-refractivity contribution in [2.24, 2.45) is 10.7 Å². The van der Waals surface area contributed by atoms with Crippen LogP contribution in [0.4, 0.5) is 0 Å². The SMILES string of the molecule is C=CC=N/C(C1=CC[C@H](O)CC1)=C(\N)Oc1ccc(C(=O)c2nc3ccccc3[nH]2)cc1. The Balaban J connectivity index is 1.54. The number of allylic oxidation sites excluding steroid dienone is 2. The summed E-state index contributed by atoms with van der Waals surface area (Å²) in [5.74, 6) is 0.693. The molecule has 0 radical (unpaired) electrons. The molecule has 0 unspecified atom stereocenters. The first kappa shape index (κ1) is 21.3. The Morgan fingerprint density at radius 2 is 2.03 bits per heavy atom. The van der Waals surface area contributed by atoms with Gasteiger partial charge >= 0.3 is 0 Å². The van der Waals surface area contributed by atoms with E-state index in [0.717, 1.165) is 16.6 Å². The molecule has 7 heteroatoms. The number of aliphatic hydroxyl groups excluding tert-OH is 1. The Morgan fingerprint density at radius 3 is 2.72 bits per heavy atom. The highest BCUT2D eigenvalue weighted by molar-refractivity contribution is 6.08.